The molecule has 3 rings (SSSR count). The summed E-state index contributed by atoms with van der Waals surface area (Å²) in [6.07, 6.45) is 3.67. The summed E-state index contributed by atoms with van der Waals surface area (Å²) in [5.41, 5.74) is -0.739. The van der Waals surface area contributed by atoms with Crippen LogP contribution in [-0.2, 0) is 28.6 Å². The summed E-state index contributed by atoms with van der Waals surface area (Å²) >= 11 is 1.11. The van der Waals surface area contributed by atoms with Gasteiger partial charge < -0.3 is 19.1 Å². The van der Waals surface area contributed by atoms with Gasteiger partial charge in [-0.1, -0.05) is 25.7 Å². The van der Waals surface area contributed by atoms with Crippen molar-refractivity contribution in [2.75, 3.05) is 38.0 Å². The first-order valence-corrected chi connectivity index (χ1v) is 16.1. The number of carbonyl (C=O) groups excluding carboxylic acids is 4. The zero-order valence-corrected chi connectivity index (χ0v) is 27.9. The molecule has 1 saturated carbocycles. The Morgan fingerprint density at radius 1 is 1.05 bits per heavy atom. The van der Waals surface area contributed by atoms with Crippen LogP contribution < -0.4 is 4.90 Å². The lowest BCUT2D eigenvalue weighted by Gasteiger charge is -2.38. The molecular formula is C33H48N2O7S. The molecule has 1 atom stereocenters. The summed E-state index contributed by atoms with van der Waals surface area (Å²) in [4.78, 5) is 58.1. The number of nitrogens with zero attached hydrogens (tertiary/aromatic N) is 2. The molecular weight excluding hydrogens is 568 g/mol. The van der Waals surface area contributed by atoms with E-state index in [1.54, 1.807) is 31.7 Å². The van der Waals surface area contributed by atoms with E-state index in [4.69, 9.17) is 14.2 Å². The van der Waals surface area contributed by atoms with Crippen LogP contribution in [0.4, 0.5) is 5.69 Å². The van der Waals surface area contributed by atoms with Crippen molar-refractivity contribution in [2.45, 2.75) is 93.5 Å². The van der Waals surface area contributed by atoms with Crippen molar-refractivity contribution >= 4 is 40.8 Å². The number of hydrogen-bond acceptors (Lipinski definition) is 8. The topological polar surface area (TPSA) is 102 Å². The quantitative estimate of drug-likeness (QED) is 0.211. The fourth-order valence-electron chi connectivity index (χ4n) is 5.04. The third-order valence-corrected chi connectivity index (χ3v) is 8.64. The van der Waals surface area contributed by atoms with Gasteiger partial charge in [0.2, 0.25) is 18.6 Å². The minimum absolute atomic E-state index is 0.149. The minimum atomic E-state index is -0.812. The number of amides is 2. The number of carbonyl (C=O) groups is 4. The van der Waals surface area contributed by atoms with Crippen LogP contribution in [0.3, 0.4) is 0 Å². The molecule has 238 valence electrons. The zero-order valence-electron chi connectivity index (χ0n) is 27.0. The molecule has 1 aliphatic carbocycles. The van der Waals surface area contributed by atoms with Gasteiger partial charge in [-0.25, -0.2) is 4.79 Å². The number of anilines is 1. The van der Waals surface area contributed by atoms with E-state index in [9.17, 15) is 19.2 Å². The van der Waals surface area contributed by atoms with E-state index in [-0.39, 0.29) is 28.0 Å². The van der Waals surface area contributed by atoms with Crippen molar-refractivity contribution < 1.29 is 33.4 Å². The van der Waals surface area contributed by atoms with Gasteiger partial charge >= 0.3 is 11.9 Å². The minimum Gasteiger partial charge on any atom is -0.427 e. The lowest BCUT2D eigenvalue weighted by atomic mass is 9.82. The van der Waals surface area contributed by atoms with Gasteiger partial charge in [0.15, 0.2) is 0 Å². The van der Waals surface area contributed by atoms with E-state index < -0.39 is 30.2 Å². The highest BCUT2D eigenvalue weighted by atomic mass is 32.1. The summed E-state index contributed by atoms with van der Waals surface area (Å²) in [5.74, 6) is 5.04. The second-order valence-electron chi connectivity index (χ2n) is 13.6. The average Bonchev–Trinajstić information content (AvgIpc) is 3.38. The van der Waals surface area contributed by atoms with Crippen LogP contribution in [-0.4, -0.2) is 67.8 Å². The van der Waals surface area contributed by atoms with E-state index in [0.717, 1.165) is 37.0 Å². The van der Waals surface area contributed by atoms with Crippen LogP contribution in [0.25, 0.3) is 0 Å². The Morgan fingerprint density at radius 3 is 2.23 bits per heavy atom. The third kappa shape index (κ3) is 9.54. The number of hydrogen-bond donors (Lipinski definition) is 0. The molecule has 1 aromatic rings. The van der Waals surface area contributed by atoms with E-state index in [2.05, 4.69) is 18.8 Å². The fraction of sp³-hybridized carbons (Fsp3) is 0.697. The van der Waals surface area contributed by atoms with Gasteiger partial charge in [-0.3, -0.25) is 19.3 Å². The number of rotatable bonds is 8. The second kappa shape index (κ2) is 14.7. The standard InChI is InChI=1S/C33H48N2O7S/c1-9-25(29(37)34-16-18-40-19-17-34)35(28(36)23-12-10-22(2)11-13-23)26-20-24(14-15-32(3,4)5)43-27(26)30(38)41-21-42-31(39)33(6,7)8/h20,22-23,25H,9-13,16-19,21H2,1-8H3/t22?,23?,25-/m0/s1. The van der Waals surface area contributed by atoms with Crippen LogP contribution in [0.1, 0.15) is 102 Å². The monoisotopic (exact) mass is 616 g/mol. The van der Waals surface area contributed by atoms with Crippen molar-refractivity contribution in [2.24, 2.45) is 22.7 Å². The second-order valence-corrected chi connectivity index (χ2v) is 14.6. The molecule has 1 aromatic heterocycles. The molecule has 0 spiro atoms. The first kappa shape index (κ1) is 34.6. The molecule has 43 heavy (non-hydrogen) atoms. The highest BCUT2D eigenvalue weighted by Gasteiger charge is 2.40. The average molecular weight is 617 g/mol. The first-order chi connectivity index (χ1) is 20.1. The zero-order chi connectivity index (χ0) is 31.9. The Hall–Kier alpha value is -2.90. The summed E-state index contributed by atoms with van der Waals surface area (Å²) < 4.78 is 16.0. The van der Waals surface area contributed by atoms with Crippen LogP contribution in [0, 0.1) is 34.5 Å². The van der Waals surface area contributed by atoms with E-state index in [0.29, 0.717) is 49.2 Å². The molecule has 2 fully saturated rings. The third-order valence-electron chi connectivity index (χ3n) is 7.62. The summed E-state index contributed by atoms with van der Waals surface area (Å²) in [5, 5.41) is 0. The number of esters is 2. The molecule has 9 nitrogen and oxygen atoms in total. The van der Waals surface area contributed by atoms with Crippen molar-refractivity contribution in [1.29, 1.82) is 0 Å². The Labute approximate surface area is 260 Å². The predicted octanol–water partition coefficient (Wildman–Crippen LogP) is 5.65. The van der Waals surface area contributed by atoms with Gasteiger partial charge in [0.05, 0.1) is 29.2 Å². The number of thiophene rings is 1. The highest BCUT2D eigenvalue weighted by molar-refractivity contribution is 7.15. The van der Waals surface area contributed by atoms with Crippen molar-refractivity contribution in [3.63, 3.8) is 0 Å². The van der Waals surface area contributed by atoms with Gasteiger partial charge in [0, 0.05) is 24.4 Å². The van der Waals surface area contributed by atoms with Crippen molar-refractivity contribution in [3.8, 4) is 11.8 Å². The van der Waals surface area contributed by atoms with Gasteiger partial charge in [-0.05, 0) is 85.6 Å². The smallest absolute Gasteiger partial charge is 0.353 e. The van der Waals surface area contributed by atoms with Crippen LogP contribution >= 0.6 is 11.3 Å². The lowest BCUT2D eigenvalue weighted by Crippen LogP contribution is -2.55. The SMILES string of the molecule is CC[C@@H](C(=O)N1CCOCC1)N(C(=O)C1CCC(C)CC1)c1cc(C#CC(C)(C)C)sc1C(=O)OCOC(=O)C(C)(C)C. The van der Waals surface area contributed by atoms with Gasteiger partial charge in [-0.2, -0.15) is 0 Å². The summed E-state index contributed by atoms with van der Waals surface area (Å²) in [6.45, 7) is 16.4. The van der Waals surface area contributed by atoms with Crippen molar-refractivity contribution in [3.05, 3.63) is 15.8 Å². The number of ether oxygens (including phenoxy) is 3. The summed E-state index contributed by atoms with van der Waals surface area (Å²) in [7, 11) is 0. The maximum absolute atomic E-state index is 14.4. The normalized spacial score (nSPS) is 20.0. The molecule has 0 N–H and O–H groups in total. The summed E-state index contributed by atoms with van der Waals surface area (Å²) in [6, 6.07) is 0.910. The molecule has 0 unspecified atom stereocenters. The molecule has 0 aromatic carbocycles. The molecule has 2 heterocycles. The lowest BCUT2D eigenvalue weighted by molar-refractivity contribution is -0.161. The van der Waals surface area contributed by atoms with Crippen LogP contribution in [0.15, 0.2) is 6.07 Å². The maximum atomic E-state index is 14.4. The molecule has 0 bridgehead atoms. The maximum Gasteiger partial charge on any atom is 0.353 e. The molecule has 1 aliphatic heterocycles. The Morgan fingerprint density at radius 2 is 1.67 bits per heavy atom. The predicted molar refractivity (Wildman–Crippen MR) is 167 cm³/mol. The molecule has 2 aliphatic rings. The number of morpholine rings is 1. The Kier molecular flexibility index (Phi) is 11.8. The molecule has 10 heteroatoms. The van der Waals surface area contributed by atoms with Gasteiger partial charge in [0.1, 0.15) is 10.9 Å². The van der Waals surface area contributed by atoms with Crippen LogP contribution in [0.2, 0.25) is 0 Å². The highest BCUT2D eigenvalue weighted by Crippen LogP contribution is 2.37. The van der Waals surface area contributed by atoms with E-state index in [1.807, 2.05) is 27.7 Å². The van der Waals surface area contributed by atoms with Crippen molar-refractivity contribution in [1.82, 2.24) is 4.90 Å². The molecule has 0 radical (unpaired) electrons. The Bertz CT molecular complexity index is 1220. The van der Waals surface area contributed by atoms with Gasteiger partial charge in [0.25, 0.3) is 0 Å². The fourth-order valence-corrected chi connectivity index (χ4v) is 5.94. The Balaban J connectivity index is 2.06. The van der Waals surface area contributed by atoms with E-state index in [1.165, 1.54) is 4.90 Å². The largest absolute Gasteiger partial charge is 0.427 e. The van der Waals surface area contributed by atoms with Crippen LogP contribution in [0.5, 0.6) is 0 Å². The first-order valence-electron chi connectivity index (χ1n) is 15.3. The van der Waals surface area contributed by atoms with E-state index >= 15 is 0 Å². The molecule has 1 saturated heterocycles. The van der Waals surface area contributed by atoms with Gasteiger partial charge in [-0.15, -0.1) is 11.3 Å². The molecule has 2 amide bonds.